The number of amides is 1. The fourth-order valence-corrected chi connectivity index (χ4v) is 6.65. The van der Waals surface area contributed by atoms with E-state index in [-0.39, 0.29) is 11.9 Å². The van der Waals surface area contributed by atoms with E-state index in [1.54, 1.807) is 6.92 Å². The van der Waals surface area contributed by atoms with Crippen LogP contribution in [0, 0.1) is 18.3 Å². The molecular weight excluding hydrogens is 528 g/mol. The second-order valence-electron chi connectivity index (χ2n) is 11.7. The fourth-order valence-electron chi connectivity index (χ4n) is 6.65. The van der Waals surface area contributed by atoms with Gasteiger partial charge >= 0.3 is 6.01 Å². The molecule has 1 aromatic heterocycles. The van der Waals surface area contributed by atoms with Crippen molar-refractivity contribution in [3.8, 4) is 12.1 Å². The average molecular weight is 569 g/mol. The molecular formula is C32H40N8O2. The van der Waals surface area contributed by atoms with Gasteiger partial charge in [0.05, 0.1) is 24.7 Å². The third kappa shape index (κ3) is 5.59. The minimum atomic E-state index is -0.0398. The molecule has 10 nitrogen and oxygen atoms in total. The summed E-state index contributed by atoms with van der Waals surface area (Å²) in [5, 5.41) is 15.2. The van der Waals surface area contributed by atoms with Crippen molar-refractivity contribution in [2.75, 3.05) is 67.6 Å². The third-order valence-corrected chi connectivity index (χ3v) is 8.90. The van der Waals surface area contributed by atoms with E-state index < -0.39 is 0 Å². The quantitative estimate of drug-likeness (QED) is 0.479. The van der Waals surface area contributed by atoms with Gasteiger partial charge in [-0.3, -0.25) is 4.79 Å². The molecule has 220 valence electrons. The van der Waals surface area contributed by atoms with Gasteiger partial charge < -0.3 is 29.7 Å². The first-order chi connectivity index (χ1) is 20.4. The highest BCUT2D eigenvalue weighted by molar-refractivity contribution is 5.98. The van der Waals surface area contributed by atoms with E-state index in [2.05, 4.69) is 76.5 Å². The number of hydrogen-bond donors (Lipinski definition) is 1. The molecule has 0 saturated carbocycles. The van der Waals surface area contributed by atoms with E-state index in [4.69, 9.17) is 14.7 Å². The molecule has 0 spiro atoms. The maximum Gasteiger partial charge on any atom is 0.318 e. The Morgan fingerprint density at radius 3 is 2.71 bits per heavy atom. The molecule has 3 aliphatic heterocycles. The summed E-state index contributed by atoms with van der Waals surface area (Å²) in [7, 11) is 2.13. The summed E-state index contributed by atoms with van der Waals surface area (Å²) in [5.74, 6) is 0.673. The first-order valence-corrected chi connectivity index (χ1v) is 15.0. The molecule has 1 amide bonds. The molecule has 0 aliphatic carbocycles. The Hall–Kier alpha value is -3.94. The van der Waals surface area contributed by atoms with Crippen LogP contribution in [0.5, 0.6) is 6.01 Å². The van der Waals surface area contributed by atoms with E-state index in [0.29, 0.717) is 63.6 Å². The van der Waals surface area contributed by atoms with E-state index in [9.17, 15) is 10.1 Å². The summed E-state index contributed by atoms with van der Waals surface area (Å²) in [4.78, 5) is 31.9. The first-order valence-electron chi connectivity index (χ1n) is 15.0. The number of carbonyl (C=O) groups excluding carboxylic acids is 1. The lowest BCUT2D eigenvalue weighted by Crippen LogP contribution is -2.51. The number of ether oxygens (including phenoxy) is 1. The van der Waals surface area contributed by atoms with Crippen molar-refractivity contribution in [2.45, 2.75) is 51.7 Å². The molecule has 10 heteroatoms. The standard InChI is InChI=1S/C32H40N8O2/c1-22-7-4-8-24-9-5-11-28(29(22)24)38-17-18-40(23(2)41)30-27(20-38)35-32(42-21-26-10-6-15-37(26)3)36-31(30)39-16-14-34-25(19-39)12-13-33/h4-5,7-9,11,25-26,34H,6,10,12,14-21H2,1-3H3/t25-,26-/m0/s1. The number of hydrogen-bond acceptors (Lipinski definition) is 9. The highest BCUT2D eigenvalue weighted by atomic mass is 16.5. The smallest absolute Gasteiger partial charge is 0.318 e. The number of fused-ring (bicyclic) bond motifs is 2. The van der Waals surface area contributed by atoms with Gasteiger partial charge in [0.2, 0.25) is 5.91 Å². The minimum absolute atomic E-state index is 0.0255. The van der Waals surface area contributed by atoms with Crippen molar-refractivity contribution < 1.29 is 9.53 Å². The second kappa shape index (κ2) is 12.1. The molecule has 0 bridgehead atoms. The number of likely N-dealkylation sites (tertiary alicyclic amines) is 1. The SMILES string of the molecule is CC(=O)N1CCN(c2cccc3cccc(C)c23)Cc2nc(OC[C@@H]3CCCN3C)nc(N3CCN[C@@H](CC#N)C3)c21. The molecule has 2 atom stereocenters. The van der Waals surface area contributed by atoms with Crippen LogP contribution in [0.2, 0.25) is 0 Å². The summed E-state index contributed by atoms with van der Waals surface area (Å²) in [6, 6.07) is 15.8. The summed E-state index contributed by atoms with van der Waals surface area (Å²) in [5.41, 5.74) is 3.88. The van der Waals surface area contributed by atoms with Crippen molar-refractivity contribution >= 4 is 33.9 Å². The normalized spacial score (nSPS) is 21.2. The lowest BCUT2D eigenvalue weighted by Gasteiger charge is -2.36. The van der Waals surface area contributed by atoms with Gasteiger partial charge in [0.15, 0.2) is 5.82 Å². The van der Waals surface area contributed by atoms with Crippen LogP contribution in [-0.2, 0) is 11.3 Å². The maximum absolute atomic E-state index is 13.2. The molecule has 2 aromatic carbocycles. The van der Waals surface area contributed by atoms with Gasteiger partial charge in [-0.05, 0) is 50.4 Å². The van der Waals surface area contributed by atoms with Crippen LogP contribution < -0.4 is 24.8 Å². The van der Waals surface area contributed by atoms with Gasteiger partial charge in [-0.15, -0.1) is 0 Å². The minimum Gasteiger partial charge on any atom is -0.462 e. The number of benzene rings is 2. The van der Waals surface area contributed by atoms with E-state index >= 15 is 0 Å². The molecule has 3 aliphatic rings. The lowest BCUT2D eigenvalue weighted by atomic mass is 10.0. The Kier molecular flexibility index (Phi) is 8.13. The molecule has 3 aromatic rings. The van der Waals surface area contributed by atoms with Gasteiger partial charge in [-0.1, -0.05) is 30.3 Å². The predicted molar refractivity (Wildman–Crippen MR) is 165 cm³/mol. The van der Waals surface area contributed by atoms with Crippen LogP contribution in [0.15, 0.2) is 36.4 Å². The van der Waals surface area contributed by atoms with Crippen molar-refractivity contribution in [1.29, 1.82) is 5.26 Å². The first kappa shape index (κ1) is 28.2. The number of nitriles is 1. The van der Waals surface area contributed by atoms with Crippen LogP contribution in [0.4, 0.5) is 17.2 Å². The topological polar surface area (TPSA) is 101 Å². The number of aryl methyl sites for hydroxylation is 1. The van der Waals surface area contributed by atoms with Gasteiger partial charge in [-0.25, -0.2) is 0 Å². The molecule has 6 rings (SSSR count). The Morgan fingerprint density at radius 1 is 1.12 bits per heavy atom. The van der Waals surface area contributed by atoms with Gasteiger partial charge in [-0.2, -0.15) is 15.2 Å². The highest BCUT2D eigenvalue weighted by Gasteiger charge is 2.33. The molecule has 4 heterocycles. The zero-order valence-corrected chi connectivity index (χ0v) is 24.8. The average Bonchev–Trinajstić information content (AvgIpc) is 3.29. The van der Waals surface area contributed by atoms with E-state index in [0.717, 1.165) is 43.0 Å². The summed E-state index contributed by atoms with van der Waals surface area (Å²) < 4.78 is 6.32. The van der Waals surface area contributed by atoms with Crippen molar-refractivity contribution in [3.63, 3.8) is 0 Å². The number of nitrogens with zero attached hydrogens (tertiary/aromatic N) is 7. The van der Waals surface area contributed by atoms with Crippen molar-refractivity contribution in [1.82, 2.24) is 20.2 Å². The third-order valence-electron chi connectivity index (χ3n) is 8.90. The van der Waals surface area contributed by atoms with E-state index in [1.807, 2.05) is 4.90 Å². The summed E-state index contributed by atoms with van der Waals surface area (Å²) >= 11 is 0. The Labute approximate surface area is 247 Å². The van der Waals surface area contributed by atoms with Crippen LogP contribution in [0.1, 0.15) is 37.4 Å². The van der Waals surface area contributed by atoms with E-state index in [1.165, 1.54) is 16.3 Å². The van der Waals surface area contributed by atoms with Crippen molar-refractivity contribution in [3.05, 3.63) is 47.7 Å². The molecule has 2 saturated heterocycles. The number of aromatic nitrogens is 2. The van der Waals surface area contributed by atoms with Crippen LogP contribution in [0.3, 0.4) is 0 Å². The predicted octanol–water partition coefficient (Wildman–Crippen LogP) is 3.48. The maximum atomic E-state index is 13.2. The number of carbonyl (C=O) groups is 1. The largest absolute Gasteiger partial charge is 0.462 e. The summed E-state index contributed by atoms with van der Waals surface area (Å²) in [6.07, 6.45) is 2.66. The van der Waals surface area contributed by atoms with Crippen LogP contribution in [0.25, 0.3) is 10.8 Å². The number of anilines is 3. The highest BCUT2D eigenvalue weighted by Crippen LogP contribution is 2.38. The molecule has 2 fully saturated rings. The van der Waals surface area contributed by atoms with Crippen molar-refractivity contribution in [2.24, 2.45) is 0 Å². The fraction of sp³-hybridized carbons (Fsp3) is 0.500. The summed E-state index contributed by atoms with van der Waals surface area (Å²) in [6.45, 7) is 9.12. The van der Waals surface area contributed by atoms with Gasteiger partial charge in [0, 0.05) is 62.8 Å². The second-order valence-corrected chi connectivity index (χ2v) is 11.7. The lowest BCUT2D eigenvalue weighted by molar-refractivity contribution is -0.116. The number of rotatable bonds is 6. The number of nitrogens with one attached hydrogen (secondary N) is 1. The molecule has 1 N–H and O–H groups in total. The Balaban J connectivity index is 1.44. The number of likely N-dealkylation sites (N-methyl/N-ethyl adjacent to an activating group) is 1. The zero-order valence-electron chi connectivity index (χ0n) is 24.8. The van der Waals surface area contributed by atoms with Gasteiger partial charge in [0.1, 0.15) is 12.3 Å². The van der Waals surface area contributed by atoms with Gasteiger partial charge in [0.25, 0.3) is 0 Å². The zero-order chi connectivity index (χ0) is 29.2. The number of piperazine rings is 1. The van der Waals surface area contributed by atoms with Crippen LogP contribution in [-0.4, -0.2) is 85.8 Å². The molecule has 42 heavy (non-hydrogen) atoms. The van der Waals surface area contributed by atoms with Crippen LogP contribution >= 0.6 is 0 Å². The monoisotopic (exact) mass is 568 g/mol. The molecule has 0 unspecified atom stereocenters. The Morgan fingerprint density at radius 2 is 1.95 bits per heavy atom. The molecule has 0 radical (unpaired) electrons. The Bertz CT molecular complexity index is 1500.